The second-order valence-corrected chi connectivity index (χ2v) is 9.46. The molecule has 43 heavy (non-hydrogen) atoms. The van der Waals surface area contributed by atoms with Gasteiger partial charge in [0.15, 0.2) is 23.1 Å². The van der Waals surface area contributed by atoms with Crippen LogP contribution in [-0.2, 0) is 14.4 Å². The number of nitrogens with one attached hydrogen (secondary N) is 2. The van der Waals surface area contributed by atoms with Gasteiger partial charge in [-0.2, -0.15) is 0 Å². The van der Waals surface area contributed by atoms with Crippen LogP contribution in [0, 0.1) is 17.0 Å². The van der Waals surface area contributed by atoms with E-state index in [2.05, 4.69) is 15.6 Å². The van der Waals surface area contributed by atoms with Gasteiger partial charge in [0.25, 0.3) is 0 Å². The van der Waals surface area contributed by atoms with Crippen molar-refractivity contribution in [3.05, 3.63) is 78.5 Å². The standard InChI is InChI=1S/C30H25F2N3O7.Li/c1-2-40-25-14-20-22(15-26(25)41-16-27(36)37)33-12-9-23(20)42-24-8-7-19(13-21(24)32)35-29(39)30(10-11-30)28(38)34-18-5-3-17(31)4-6-18;/h3-9,12-15H,2,10-11,16H2,1H3,(H,34,38)(H,35,39)(H,36,37);/q;+1/p-1. The van der Waals surface area contributed by atoms with Crippen LogP contribution in [-0.4, -0.2) is 36.0 Å². The number of halogens is 2. The van der Waals surface area contributed by atoms with E-state index in [0.717, 1.165) is 6.07 Å². The number of anilines is 2. The Morgan fingerprint density at radius 2 is 1.51 bits per heavy atom. The van der Waals surface area contributed by atoms with E-state index in [9.17, 15) is 23.9 Å². The molecule has 0 atom stereocenters. The first kappa shape index (κ1) is 31.3. The molecule has 1 aliphatic rings. The Balaban J connectivity index is 0.00000423. The van der Waals surface area contributed by atoms with Gasteiger partial charge < -0.3 is 34.7 Å². The Morgan fingerprint density at radius 3 is 2.14 bits per heavy atom. The fraction of sp³-hybridized carbons (Fsp3) is 0.200. The first-order valence-corrected chi connectivity index (χ1v) is 12.9. The van der Waals surface area contributed by atoms with Gasteiger partial charge in [-0.15, -0.1) is 0 Å². The summed E-state index contributed by atoms with van der Waals surface area (Å²) in [5.74, 6) is -3.29. The topological polar surface area (TPSA) is 139 Å². The Labute approximate surface area is 256 Å². The molecule has 1 aromatic heterocycles. The van der Waals surface area contributed by atoms with E-state index in [1.54, 1.807) is 13.0 Å². The zero-order chi connectivity index (χ0) is 29.9. The number of hydrogen-bond donors (Lipinski definition) is 2. The van der Waals surface area contributed by atoms with Gasteiger partial charge in [-0.25, -0.2) is 8.78 Å². The number of carbonyl (C=O) groups is 3. The van der Waals surface area contributed by atoms with Crippen LogP contribution in [0.3, 0.4) is 0 Å². The number of carboxylic acid groups (broad SMARTS) is 1. The molecule has 13 heteroatoms. The maximum Gasteiger partial charge on any atom is 1.00 e. The van der Waals surface area contributed by atoms with Crippen molar-refractivity contribution in [3.8, 4) is 23.0 Å². The van der Waals surface area contributed by atoms with Crippen LogP contribution in [0.15, 0.2) is 66.9 Å². The van der Waals surface area contributed by atoms with Crippen LogP contribution in [0.5, 0.6) is 23.0 Å². The molecule has 1 saturated carbocycles. The van der Waals surface area contributed by atoms with Gasteiger partial charge >= 0.3 is 18.9 Å². The number of aromatic nitrogens is 1. The second kappa shape index (κ2) is 13.1. The van der Waals surface area contributed by atoms with E-state index in [1.807, 2.05) is 0 Å². The minimum atomic E-state index is -1.40. The third-order valence-electron chi connectivity index (χ3n) is 6.54. The maximum absolute atomic E-state index is 15.1. The summed E-state index contributed by atoms with van der Waals surface area (Å²) in [6, 6.07) is 13.6. The average molecular weight is 583 g/mol. The molecule has 3 aromatic carbocycles. The quantitative estimate of drug-likeness (QED) is 0.198. The van der Waals surface area contributed by atoms with Gasteiger partial charge in [0.05, 0.1) is 18.1 Å². The Hall–Kier alpha value is -4.66. The summed E-state index contributed by atoms with van der Waals surface area (Å²) in [5, 5.41) is 16.5. The number of nitrogens with zero attached hydrogens (tertiary/aromatic N) is 1. The summed E-state index contributed by atoms with van der Waals surface area (Å²) < 4.78 is 44.9. The van der Waals surface area contributed by atoms with Gasteiger partial charge in [0.1, 0.15) is 23.6 Å². The summed E-state index contributed by atoms with van der Waals surface area (Å²) in [5.41, 5.74) is -0.454. The molecule has 0 bridgehead atoms. The predicted octanol–water partition coefficient (Wildman–Crippen LogP) is 1.19. The van der Waals surface area contributed by atoms with Crippen molar-refractivity contribution in [1.82, 2.24) is 4.98 Å². The number of pyridine rings is 1. The molecule has 2 N–H and O–H groups in total. The van der Waals surface area contributed by atoms with Crippen LogP contribution >= 0.6 is 0 Å². The van der Waals surface area contributed by atoms with Crippen molar-refractivity contribution >= 4 is 40.1 Å². The van der Waals surface area contributed by atoms with E-state index < -0.39 is 41.4 Å². The molecule has 2 amide bonds. The van der Waals surface area contributed by atoms with Crippen molar-refractivity contribution in [3.63, 3.8) is 0 Å². The molecule has 5 rings (SSSR count). The summed E-state index contributed by atoms with van der Waals surface area (Å²) in [4.78, 5) is 40.8. The van der Waals surface area contributed by atoms with Crippen molar-refractivity contribution in [2.24, 2.45) is 5.41 Å². The molecular formula is C30H24F2LiN3O7. The van der Waals surface area contributed by atoms with Gasteiger partial charge in [-0.1, -0.05) is 0 Å². The van der Waals surface area contributed by atoms with Crippen LogP contribution in [0.2, 0.25) is 0 Å². The number of aliphatic carboxylic acids is 1. The number of benzene rings is 3. The molecule has 216 valence electrons. The monoisotopic (exact) mass is 583 g/mol. The number of carbonyl (C=O) groups excluding carboxylic acids is 3. The third-order valence-corrected chi connectivity index (χ3v) is 6.54. The summed E-state index contributed by atoms with van der Waals surface area (Å²) in [6.45, 7) is 1.32. The molecule has 1 fully saturated rings. The number of ether oxygens (including phenoxy) is 3. The summed E-state index contributed by atoms with van der Waals surface area (Å²) in [7, 11) is 0. The summed E-state index contributed by atoms with van der Waals surface area (Å²) >= 11 is 0. The van der Waals surface area contributed by atoms with Gasteiger partial charge in [-0.3, -0.25) is 14.6 Å². The first-order valence-electron chi connectivity index (χ1n) is 12.9. The van der Waals surface area contributed by atoms with Gasteiger partial charge in [-0.05, 0) is 68.3 Å². The van der Waals surface area contributed by atoms with E-state index >= 15 is 4.39 Å². The fourth-order valence-corrected chi connectivity index (χ4v) is 4.23. The van der Waals surface area contributed by atoms with Gasteiger partial charge in [0, 0.05) is 35.1 Å². The van der Waals surface area contributed by atoms with E-state index in [4.69, 9.17) is 14.2 Å². The number of hydrogen-bond acceptors (Lipinski definition) is 8. The van der Waals surface area contributed by atoms with E-state index in [0.29, 0.717) is 29.4 Å². The van der Waals surface area contributed by atoms with Crippen molar-refractivity contribution in [2.75, 3.05) is 23.8 Å². The zero-order valence-electron chi connectivity index (χ0n) is 23.2. The molecule has 0 spiro atoms. The number of rotatable bonds is 11. The zero-order valence-corrected chi connectivity index (χ0v) is 23.2. The van der Waals surface area contributed by atoms with E-state index in [-0.39, 0.29) is 54.2 Å². The molecule has 10 nitrogen and oxygen atoms in total. The average Bonchev–Trinajstić information content (AvgIpc) is 3.77. The largest absolute Gasteiger partial charge is 1.00 e. The second-order valence-electron chi connectivity index (χ2n) is 9.46. The van der Waals surface area contributed by atoms with Crippen molar-refractivity contribution < 1.29 is 61.3 Å². The molecule has 1 heterocycles. The van der Waals surface area contributed by atoms with Crippen molar-refractivity contribution in [1.29, 1.82) is 0 Å². The minimum Gasteiger partial charge on any atom is -0.546 e. The Kier molecular flexibility index (Phi) is 9.53. The number of amides is 2. The first-order chi connectivity index (χ1) is 20.2. The molecular weight excluding hydrogens is 559 g/mol. The van der Waals surface area contributed by atoms with Crippen molar-refractivity contribution in [2.45, 2.75) is 19.8 Å². The number of carboxylic acids is 1. The molecule has 0 unspecified atom stereocenters. The molecule has 1 aliphatic carbocycles. The number of fused-ring (bicyclic) bond motifs is 1. The molecule has 0 radical (unpaired) electrons. The van der Waals surface area contributed by atoms with Crippen LogP contribution in [0.25, 0.3) is 10.9 Å². The fourth-order valence-electron chi connectivity index (χ4n) is 4.23. The third kappa shape index (κ3) is 7.05. The van der Waals surface area contributed by atoms with Gasteiger partial charge in [0.2, 0.25) is 11.8 Å². The molecule has 0 saturated heterocycles. The summed E-state index contributed by atoms with van der Waals surface area (Å²) in [6.07, 6.45) is 2.06. The SMILES string of the molecule is CCOc1cc2c(Oc3ccc(NC(=O)C4(C(=O)Nc5ccc(F)cc5)CC4)cc3F)ccnc2cc1OCC(=O)[O-].[Li+]. The van der Waals surface area contributed by atoms with E-state index in [1.165, 1.54) is 54.7 Å². The Bertz CT molecular complexity index is 1680. The van der Waals surface area contributed by atoms with Crippen LogP contribution in [0.4, 0.5) is 20.2 Å². The maximum atomic E-state index is 15.1. The predicted molar refractivity (Wildman–Crippen MR) is 145 cm³/mol. The smallest absolute Gasteiger partial charge is 0.546 e. The Morgan fingerprint density at radius 1 is 0.860 bits per heavy atom. The molecule has 0 aliphatic heterocycles. The normalized spacial score (nSPS) is 12.9. The minimum absolute atomic E-state index is 0. The van der Waals surface area contributed by atoms with Crippen LogP contribution < -0.4 is 48.8 Å². The molecule has 4 aromatic rings. The van der Waals surface area contributed by atoms with Crippen LogP contribution in [0.1, 0.15) is 19.8 Å².